The van der Waals surface area contributed by atoms with Crippen LogP contribution in [-0.4, -0.2) is 61.4 Å². The highest BCUT2D eigenvalue weighted by Crippen LogP contribution is 2.17. The van der Waals surface area contributed by atoms with E-state index >= 15 is 0 Å². The monoisotopic (exact) mass is 351 g/mol. The molecular formula is C16H21N3O4S. The standard InChI is InChI=1S/C16H21N3O4S/c1-4-15(20)17-14-7-5-13(6-8-14)16(21)19-10-9-18(11-12(19)2)24(3,22)23/h4-8,12H,1,9-11H2,2-3H3,(H,17,20). The number of benzene rings is 1. The Bertz CT molecular complexity index is 743. The maximum absolute atomic E-state index is 12.6. The topological polar surface area (TPSA) is 86.8 Å². The molecule has 0 radical (unpaired) electrons. The fourth-order valence-corrected chi connectivity index (χ4v) is 3.48. The summed E-state index contributed by atoms with van der Waals surface area (Å²) in [6.45, 7) is 6.14. The van der Waals surface area contributed by atoms with E-state index in [1.54, 1.807) is 29.2 Å². The van der Waals surface area contributed by atoms with E-state index in [-0.39, 0.29) is 24.4 Å². The van der Waals surface area contributed by atoms with Crippen molar-refractivity contribution < 1.29 is 18.0 Å². The minimum absolute atomic E-state index is 0.155. The van der Waals surface area contributed by atoms with E-state index in [9.17, 15) is 18.0 Å². The van der Waals surface area contributed by atoms with Gasteiger partial charge in [0.15, 0.2) is 0 Å². The number of piperazine rings is 1. The number of nitrogens with zero attached hydrogens (tertiary/aromatic N) is 2. The highest BCUT2D eigenvalue weighted by Gasteiger charge is 2.31. The molecule has 24 heavy (non-hydrogen) atoms. The van der Waals surface area contributed by atoms with E-state index in [0.717, 1.165) is 0 Å². The highest BCUT2D eigenvalue weighted by molar-refractivity contribution is 7.88. The first-order chi connectivity index (χ1) is 11.2. The largest absolute Gasteiger partial charge is 0.333 e. The zero-order valence-electron chi connectivity index (χ0n) is 13.7. The predicted molar refractivity (Wildman–Crippen MR) is 92.2 cm³/mol. The van der Waals surface area contributed by atoms with Gasteiger partial charge in [-0.2, -0.15) is 4.31 Å². The van der Waals surface area contributed by atoms with Crippen molar-refractivity contribution in [2.45, 2.75) is 13.0 Å². The van der Waals surface area contributed by atoms with E-state index in [1.165, 1.54) is 16.6 Å². The number of amides is 2. The van der Waals surface area contributed by atoms with Crippen LogP contribution in [0, 0.1) is 0 Å². The van der Waals surface area contributed by atoms with Crippen LogP contribution in [0.15, 0.2) is 36.9 Å². The lowest BCUT2D eigenvalue weighted by Gasteiger charge is -2.38. The van der Waals surface area contributed by atoms with E-state index in [4.69, 9.17) is 0 Å². The molecule has 1 aliphatic rings. The van der Waals surface area contributed by atoms with Crippen LogP contribution in [0.2, 0.25) is 0 Å². The maximum Gasteiger partial charge on any atom is 0.254 e. The summed E-state index contributed by atoms with van der Waals surface area (Å²) in [5.74, 6) is -0.475. The molecule has 1 fully saturated rings. The van der Waals surface area contributed by atoms with Crippen molar-refractivity contribution in [2.24, 2.45) is 0 Å². The zero-order valence-corrected chi connectivity index (χ0v) is 14.5. The second-order valence-corrected chi connectivity index (χ2v) is 7.72. The van der Waals surface area contributed by atoms with Crippen LogP contribution in [0.5, 0.6) is 0 Å². The molecule has 0 aliphatic carbocycles. The number of carbonyl (C=O) groups excluding carboxylic acids is 2. The van der Waals surface area contributed by atoms with Crippen LogP contribution in [-0.2, 0) is 14.8 Å². The fraction of sp³-hybridized carbons (Fsp3) is 0.375. The second kappa shape index (κ2) is 7.14. The molecule has 2 amide bonds. The summed E-state index contributed by atoms with van der Waals surface area (Å²) in [6, 6.07) is 6.35. The molecule has 0 saturated carbocycles. The Morgan fingerprint density at radius 1 is 1.25 bits per heavy atom. The molecule has 1 aromatic carbocycles. The third-order valence-electron chi connectivity index (χ3n) is 3.90. The Hall–Kier alpha value is -2.19. The lowest BCUT2D eigenvalue weighted by molar-refractivity contribution is -0.111. The Kier molecular flexibility index (Phi) is 5.40. The van der Waals surface area contributed by atoms with Crippen LogP contribution in [0.3, 0.4) is 0 Å². The average Bonchev–Trinajstić information content (AvgIpc) is 2.54. The molecule has 1 atom stereocenters. The van der Waals surface area contributed by atoms with Gasteiger partial charge in [0.05, 0.1) is 6.26 Å². The predicted octanol–water partition coefficient (Wildman–Crippen LogP) is 0.917. The molecule has 1 unspecified atom stereocenters. The lowest BCUT2D eigenvalue weighted by atomic mass is 10.1. The van der Waals surface area contributed by atoms with Crippen LogP contribution >= 0.6 is 0 Å². The van der Waals surface area contributed by atoms with Crippen molar-refractivity contribution in [1.82, 2.24) is 9.21 Å². The summed E-state index contributed by atoms with van der Waals surface area (Å²) in [7, 11) is -3.25. The Balaban J connectivity index is 2.06. The lowest BCUT2D eigenvalue weighted by Crippen LogP contribution is -2.55. The van der Waals surface area contributed by atoms with Crippen molar-refractivity contribution in [3.8, 4) is 0 Å². The summed E-state index contributed by atoms with van der Waals surface area (Å²) >= 11 is 0. The van der Waals surface area contributed by atoms with Gasteiger partial charge in [0.2, 0.25) is 15.9 Å². The third-order valence-corrected chi connectivity index (χ3v) is 5.17. The zero-order chi connectivity index (χ0) is 17.9. The summed E-state index contributed by atoms with van der Waals surface area (Å²) in [5, 5.41) is 2.61. The molecule has 130 valence electrons. The van der Waals surface area contributed by atoms with Crippen molar-refractivity contribution >= 4 is 27.5 Å². The van der Waals surface area contributed by atoms with Gasteiger partial charge in [-0.3, -0.25) is 9.59 Å². The highest BCUT2D eigenvalue weighted by atomic mass is 32.2. The summed E-state index contributed by atoms with van der Waals surface area (Å²) in [6.07, 6.45) is 2.34. The van der Waals surface area contributed by atoms with Crippen molar-refractivity contribution in [3.63, 3.8) is 0 Å². The van der Waals surface area contributed by atoms with Gasteiger partial charge in [0, 0.05) is 36.9 Å². The van der Waals surface area contributed by atoms with Crippen LogP contribution < -0.4 is 5.32 Å². The molecule has 1 N–H and O–H groups in total. The van der Waals surface area contributed by atoms with Gasteiger partial charge in [0.25, 0.3) is 5.91 Å². The molecule has 1 heterocycles. The summed E-state index contributed by atoms with van der Waals surface area (Å²) in [4.78, 5) is 25.5. The number of sulfonamides is 1. The number of rotatable bonds is 4. The first-order valence-electron chi connectivity index (χ1n) is 7.52. The number of carbonyl (C=O) groups is 2. The minimum Gasteiger partial charge on any atom is -0.333 e. The van der Waals surface area contributed by atoms with Crippen molar-refractivity contribution in [2.75, 3.05) is 31.2 Å². The van der Waals surface area contributed by atoms with Gasteiger partial charge in [0.1, 0.15) is 0 Å². The van der Waals surface area contributed by atoms with E-state index < -0.39 is 10.0 Å². The van der Waals surface area contributed by atoms with Crippen molar-refractivity contribution in [3.05, 3.63) is 42.5 Å². The molecule has 1 aromatic rings. The minimum atomic E-state index is -3.25. The first kappa shape index (κ1) is 18.2. The van der Waals surface area contributed by atoms with E-state index in [2.05, 4.69) is 11.9 Å². The van der Waals surface area contributed by atoms with Gasteiger partial charge in [-0.1, -0.05) is 6.58 Å². The summed E-state index contributed by atoms with van der Waals surface area (Å²) in [5.41, 5.74) is 1.07. The van der Waals surface area contributed by atoms with E-state index in [1.807, 2.05) is 6.92 Å². The molecule has 1 aliphatic heterocycles. The molecule has 7 nitrogen and oxygen atoms in total. The Morgan fingerprint density at radius 3 is 2.38 bits per heavy atom. The van der Waals surface area contributed by atoms with Crippen molar-refractivity contribution in [1.29, 1.82) is 0 Å². The Labute approximate surface area is 142 Å². The Morgan fingerprint density at radius 2 is 1.88 bits per heavy atom. The number of anilines is 1. The van der Waals surface area contributed by atoms with Gasteiger partial charge >= 0.3 is 0 Å². The van der Waals surface area contributed by atoms with Crippen LogP contribution in [0.1, 0.15) is 17.3 Å². The number of hydrogen-bond donors (Lipinski definition) is 1. The first-order valence-corrected chi connectivity index (χ1v) is 9.37. The van der Waals surface area contributed by atoms with Gasteiger partial charge in [-0.25, -0.2) is 8.42 Å². The summed E-state index contributed by atoms with van der Waals surface area (Å²) < 4.78 is 24.6. The molecule has 1 saturated heterocycles. The average molecular weight is 351 g/mol. The van der Waals surface area contributed by atoms with Crippen LogP contribution in [0.4, 0.5) is 5.69 Å². The molecule has 0 aromatic heterocycles. The molecule has 8 heteroatoms. The third kappa shape index (κ3) is 4.21. The molecule has 2 rings (SSSR count). The fourth-order valence-electron chi connectivity index (χ4n) is 2.58. The van der Waals surface area contributed by atoms with Gasteiger partial charge in [-0.05, 0) is 37.3 Å². The maximum atomic E-state index is 12.6. The normalized spacial score (nSPS) is 18.9. The SMILES string of the molecule is C=CC(=O)Nc1ccc(C(=O)N2CCN(S(C)(=O)=O)CC2C)cc1. The molecular weight excluding hydrogens is 330 g/mol. The smallest absolute Gasteiger partial charge is 0.254 e. The molecule has 0 bridgehead atoms. The number of hydrogen-bond acceptors (Lipinski definition) is 4. The van der Waals surface area contributed by atoms with Crippen LogP contribution in [0.25, 0.3) is 0 Å². The van der Waals surface area contributed by atoms with Gasteiger partial charge < -0.3 is 10.2 Å². The second-order valence-electron chi connectivity index (χ2n) is 5.74. The quantitative estimate of drug-likeness (QED) is 0.817. The molecule has 0 spiro atoms. The van der Waals surface area contributed by atoms with E-state index in [0.29, 0.717) is 24.3 Å². The number of nitrogens with one attached hydrogen (secondary N) is 1. The van der Waals surface area contributed by atoms with Gasteiger partial charge in [-0.15, -0.1) is 0 Å².